The lowest BCUT2D eigenvalue weighted by atomic mass is 9.68. The van der Waals surface area contributed by atoms with Crippen LogP contribution in [0, 0.1) is 17.3 Å². The molecule has 2 rings (SSSR count). The summed E-state index contributed by atoms with van der Waals surface area (Å²) in [5.74, 6) is 1.15. The number of nitrogens with zero attached hydrogens (tertiary/aromatic N) is 3. The molecule has 0 amide bonds. The van der Waals surface area contributed by atoms with E-state index in [2.05, 4.69) is 38.0 Å². The van der Waals surface area contributed by atoms with Crippen LogP contribution in [0.5, 0.6) is 0 Å². The molecule has 0 radical (unpaired) electrons. The van der Waals surface area contributed by atoms with E-state index in [0.29, 0.717) is 11.3 Å². The Bertz CT molecular complexity index is 414. The third-order valence-corrected chi connectivity index (χ3v) is 4.83. The van der Waals surface area contributed by atoms with E-state index in [4.69, 9.17) is 0 Å². The molecule has 4 nitrogen and oxygen atoms in total. The lowest BCUT2D eigenvalue weighted by Crippen LogP contribution is -2.28. The summed E-state index contributed by atoms with van der Waals surface area (Å²) in [6, 6.07) is 0. The predicted octanol–water partition coefficient (Wildman–Crippen LogP) is 3.57. The Morgan fingerprint density at radius 2 is 1.95 bits per heavy atom. The van der Waals surface area contributed by atoms with Gasteiger partial charge < -0.3 is 5.11 Å². The van der Waals surface area contributed by atoms with Crippen LogP contribution in [-0.2, 0) is 6.54 Å². The maximum atomic E-state index is 10.6. The standard InChI is InChI=1S/C16H29N3O/c1-5-10-19-14(11-17-18-19)15(20)12-6-8-13(9-7-12)16(2,3)4/h11-13,15,20H,5-10H2,1-4H3. The summed E-state index contributed by atoms with van der Waals surface area (Å²) >= 11 is 0. The number of hydrogen-bond donors (Lipinski definition) is 1. The van der Waals surface area contributed by atoms with Crippen molar-refractivity contribution in [3.63, 3.8) is 0 Å². The van der Waals surface area contributed by atoms with Gasteiger partial charge in [0.1, 0.15) is 6.10 Å². The lowest BCUT2D eigenvalue weighted by molar-refractivity contribution is 0.0471. The molecule has 1 atom stereocenters. The van der Waals surface area contributed by atoms with Gasteiger partial charge in [0.25, 0.3) is 0 Å². The van der Waals surface area contributed by atoms with Crippen LogP contribution in [0.2, 0.25) is 0 Å². The highest BCUT2D eigenvalue weighted by Gasteiger charge is 2.33. The van der Waals surface area contributed by atoms with E-state index in [1.165, 1.54) is 12.8 Å². The zero-order chi connectivity index (χ0) is 14.8. The molecule has 4 heteroatoms. The number of aliphatic hydroxyl groups excluding tert-OH is 1. The third-order valence-electron chi connectivity index (χ3n) is 4.83. The molecule has 114 valence electrons. The van der Waals surface area contributed by atoms with Crippen molar-refractivity contribution in [2.75, 3.05) is 0 Å². The molecular formula is C16H29N3O. The first-order valence-electron chi connectivity index (χ1n) is 8.00. The first kappa shape index (κ1) is 15.5. The second kappa shape index (κ2) is 6.25. The summed E-state index contributed by atoms with van der Waals surface area (Å²) in [5.41, 5.74) is 1.28. The van der Waals surface area contributed by atoms with E-state index < -0.39 is 6.10 Å². The minimum Gasteiger partial charge on any atom is -0.386 e. The van der Waals surface area contributed by atoms with Gasteiger partial charge in [0, 0.05) is 6.54 Å². The van der Waals surface area contributed by atoms with Crippen LogP contribution < -0.4 is 0 Å². The van der Waals surface area contributed by atoms with Crippen molar-refractivity contribution < 1.29 is 5.11 Å². The van der Waals surface area contributed by atoms with E-state index in [1.807, 2.05) is 4.68 Å². The zero-order valence-electron chi connectivity index (χ0n) is 13.3. The minimum absolute atomic E-state index is 0.364. The highest BCUT2D eigenvalue weighted by Crippen LogP contribution is 2.43. The molecule has 1 N–H and O–H groups in total. The average molecular weight is 279 g/mol. The highest BCUT2D eigenvalue weighted by molar-refractivity contribution is 5.02. The Morgan fingerprint density at radius 1 is 1.30 bits per heavy atom. The lowest BCUT2D eigenvalue weighted by Gasteiger charge is -2.38. The molecule has 1 aliphatic carbocycles. The van der Waals surface area contributed by atoms with Gasteiger partial charge in [-0.2, -0.15) is 0 Å². The van der Waals surface area contributed by atoms with Crippen LogP contribution in [0.4, 0.5) is 0 Å². The molecular weight excluding hydrogens is 250 g/mol. The third kappa shape index (κ3) is 3.40. The molecule has 1 unspecified atom stereocenters. The Morgan fingerprint density at radius 3 is 2.50 bits per heavy atom. The molecule has 1 aromatic rings. The number of aliphatic hydroxyl groups is 1. The van der Waals surface area contributed by atoms with E-state index in [0.717, 1.165) is 37.4 Å². The number of rotatable bonds is 4. The van der Waals surface area contributed by atoms with Crippen LogP contribution in [0.1, 0.15) is 71.6 Å². The van der Waals surface area contributed by atoms with Gasteiger partial charge in [-0.05, 0) is 49.4 Å². The molecule has 0 aliphatic heterocycles. The van der Waals surface area contributed by atoms with Gasteiger partial charge in [0.15, 0.2) is 0 Å². The second-order valence-corrected chi connectivity index (χ2v) is 7.30. The predicted molar refractivity (Wildman–Crippen MR) is 80.2 cm³/mol. The quantitative estimate of drug-likeness (QED) is 0.916. The summed E-state index contributed by atoms with van der Waals surface area (Å²) in [5, 5.41) is 18.7. The van der Waals surface area contributed by atoms with Crippen LogP contribution in [-0.4, -0.2) is 20.1 Å². The molecule has 0 bridgehead atoms. The van der Waals surface area contributed by atoms with Crippen molar-refractivity contribution in [1.82, 2.24) is 15.0 Å². The fourth-order valence-electron chi connectivity index (χ4n) is 3.42. The molecule has 1 saturated carbocycles. The van der Waals surface area contributed by atoms with Crippen molar-refractivity contribution in [1.29, 1.82) is 0 Å². The largest absolute Gasteiger partial charge is 0.386 e. The fourth-order valence-corrected chi connectivity index (χ4v) is 3.42. The van der Waals surface area contributed by atoms with Crippen molar-refractivity contribution in [3.8, 4) is 0 Å². The van der Waals surface area contributed by atoms with Crippen molar-refractivity contribution in [3.05, 3.63) is 11.9 Å². The number of aromatic nitrogens is 3. The number of aryl methyl sites for hydroxylation is 1. The Balaban J connectivity index is 1.98. The SMILES string of the molecule is CCCn1nncc1C(O)C1CCC(C(C)(C)C)CC1. The Hall–Kier alpha value is -0.900. The van der Waals surface area contributed by atoms with Crippen LogP contribution in [0.3, 0.4) is 0 Å². The van der Waals surface area contributed by atoms with Gasteiger partial charge >= 0.3 is 0 Å². The highest BCUT2D eigenvalue weighted by atomic mass is 16.3. The van der Waals surface area contributed by atoms with Gasteiger partial charge in [0.2, 0.25) is 0 Å². The molecule has 1 aromatic heterocycles. The molecule has 0 saturated heterocycles. The first-order valence-corrected chi connectivity index (χ1v) is 8.00. The number of hydrogen-bond acceptors (Lipinski definition) is 3. The molecule has 1 aliphatic rings. The summed E-state index contributed by atoms with van der Waals surface area (Å²) < 4.78 is 1.86. The maximum absolute atomic E-state index is 10.6. The monoisotopic (exact) mass is 279 g/mol. The minimum atomic E-state index is -0.405. The van der Waals surface area contributed by atoms with Gasteiger partial charge in [-0.1, -0.05) is 32.9 Å². The van der Waals surface area contributed by atoms with Crippen molar-refractivity contribution in [2.45, 2.75) is 72.4 Å². The van der Waals surface area contributed by atoms with Crippen LogP contribution in [0.15, 0.2) is 6.20 Å². The maximum Gasteiger partial charge on any atom is 0.100 e. The summed E-state index contributed by atoms with van der Waals surface area (Å²) in [6.45, 7) is 9.94. The van der Waals surface area contributed by atoms with Gasteiger partial charge in [-0.3, -0.25) is 0 Å². The smallest absolute Gasteiger partial charge is 0.100 e. The topological polar surface area (TPSA) is 50.9 Å². The fraction of sp³-hybridized carbons (Fsp3) is 0.875. The van der Waals surface area contributed by atoms with Crippen molar-refractivity contribution in [2.24, 2.45) is 17.3 Å². The second-order valence-electron chi connectivity index (χ2n) is 7.30. The van der Waals surface area contributed by atoms with E-state index >= 15 is 0 Å². The molecule has 0 aromatic carbocycles. The molecule has 0 spiro atoms. The van der Waals surface area contributed by atoms with Gasteiger partial charge in [-0.25, -0.2) is 4.68 Å². The van der Waals surface area contributed by atoms with E-state index in [9.17, 15) is 5.11 Å². The molecule has 20 heavy (non-hydrogen) atoms. The van der Waals surface area contributed by atoms with Gasteiger partial charge in [0.05, 0.1) is 11.9 Å². The summed E-state index contributed by atoms with van der Waals surface area (Å²) in [7, 11) is 0. The van der Waals surface area contributed by atoms with Crippen LogP contribution in [0.25, 0.3) is 0 Å². The molecule has 1 heterocycles. The van der Waals surface area contributed by atoms with Gasteiger partial charge in [-0.15, -0.1) is 5.10 Å². The summed E-state index contributed by atoms with van der Waals surface area (Å²) in [6.07, 6.45) is 7.01. The van der Waals surface area contributed by atoms with Crippen LogP contribution >= 0.6 is 0 Å². The van der Waals surface area contributed by atoms with E-state index in [-0.39, 0.29) is 0 Å². The molecule has 1 fully saturated rings. The zero-order valence-corrected chi connectivity index (χ0v) is 13.3. The normalized spacial score (nSPS) is 25.6. The average Bonchev–Trinajstić information content (AvgIpc) is 2.86. The first-order chi connectivity index (χ1) is 9.43. The Labute approximate surface area is 122 Å². The van der Waals surface area contributed by atoms with E-state index in [1.54, 1.807) is 6.20 Å². The van der Waals surface area contributed by atoms with Crippen molar-refractivity contribution >= 4 is 0 Å². The summed E-state index contributed by atoms with van der Waals surface area (Å²) in [4.78, 5) is 0. The Kier molecular flexibility index (Phi) is 4.84.